The van der Waals surface area contributed by atoms with Crippen molar-refractivity contribution in [1.29, 1.82) is 0 Å². The van der Waals surface area contributed by atoms with Crippen molar-refractivity contribution < 1.29 is 19.5 Å². The Bertz CT molecular complexity index is 1090. The van der Waals surface area contributed by atoms with Crippen LogP contribution in [0.25, 0.3) is 0 Å². The lowest BCUT2D eigenvalue weighted by Gasteiger charge is -2.18. The molecule has 0 heterocycles. The normalized spacial score (nSPS) is 11.4. The molecule has 0 aromatic heterocycles. The molecule has 3 aromatic carbocycles. The average Bonchev–Trinajstić information content (AvgIpc) is 2.74. The topological polar surface area (TPSA) is 122 Å². The van der Waals surface area contributed by atoms with Crippen LogP contribution in [0.1, 0.15) is 27.6 Å². The summed E-state index contributed by atoms with van der Waals surface area (Å²) < 4.78 is 0. The Morgan fingerprint density at radius 1 is 0.903 bits per heavy atom. The lowest BCUT2D eigenvalue weighted by molar-refractivity contribution is -0.137. The molecule has 158 valence electrons. The summed E-state index contributed by atoms with van der Waals surface area (Å²) in [4.78, 5) is 36.0. The van der Waals surface area contributed by atoms with Crippen molar-refractivity contribution in [3.8, 4) is 0 Å². The van der Waals surface area contributed by atoms with Crippen LogP contribution in [0.3, 0.4) is 0 Å². The molecule has 0 aliphatic heterocycles. The maximum Gasteiger partial charge on any atom is 0.316 e. The fraction of sp³-hybridized carbons (Fsp3) is 0.0870. The van der Waals surface area contributed by atoms with Gasteiger partial charge in [0.15, 0.2) is 0 Å². The molecule has 3 amide bonds. The fourth-order valence-electron chi connectivity index (χ4n) is 2.95. The summed E-state index contributed by atoms with van der Waals surface area (Å²) in [5, 5.41) is 14.3. The first-order valence-corrected chi connectivity index (χ1v) is 10.3. The number of hydrogen-bond acceptors (Lipinski definition) is 4. The molecule has 1 unspecified atom stereocenters. The third-order valence-electron chi connectivity index (χ3n) is 4.33. The van der Waals surface area contributed by atoms with Crippen molar-refractivity contribution in [2.45, 2.75) is 16.6 Å². The monoisotopic (exact) mass is 435 g/mol. The number of para-hydroxylation sites is 1. The number of nitrogens with one attached hydrogen (secondary N) is 2. The minimum atomic E-state index is -0.901. The van der Waals surface area contributed by atoms with Crippen LogP contribution in [0, 0.1) is 0 Å². The van der Waals surface area contributed by atoms with Gasteiger partial charge in [-0.25, -0.2) is 4.79 Å². The summed E-state index contributed by atoms with van der Waals surface area (Å²) in [7, 11) is 0. The minimum Gasteiger partial charge on any atom is -0.481 e. The second-order valence-corrected chi connectivity index (χ2v) is 7.88. The smallest absolute Gasteiger partial charge is 0.316 e. The zero-order valence-corrected chi connectivity index (χ0v) is 17.3. The van der Waals surface area contributed by atoms with E-state index >= 15 is 0 Å². The zero-order valence-electron chi connectivity index (χ0n) is 16.4. The largest absolute Gasteiger partial charge is 0.481 e. The minimum absolute atomic E-state index is 0.0577. The van der Waals surface area contributed by atoms with Crippen molar-refractivity contribution in [1.82, 2.24) is 0 Å². The predicted octanol–water partition coefficient (Wildman–Crippen LogP) is 4.74. The predicted molar refractivity (Wildman–Crippen MR) is 121 cm³/mol. The van der Waals surface area contributed by atoms with Gasteiger partial charge in [0.1, 0.15) is 0 Å². The maximum atomic E-state index is 12.8. The van der Waals surface area contributed by atoms with Crippen molar-refractivity contribution in [2.24, 2.45) is 5.73 Å². The number of thioether (sulfide) groups is 1. The first-order chi connectivity index (χ1) is 14.9. The SMILES string of the molecule is NC(=O)Nc1cccc(C(=O)Nc2ccccc2SC(CC(=O)O)c2ccccc2)c1. The maximum absolute atomic E-state index is 12.8. The number of carbonyl (C=O) groups excluding carboxylic acids is 2. The number of anilines is 2. The molecule has 8 heteroatoms. The highest BCUT2D eigenvalue weighted by molar-refractivity contribution is 7.99. The number of carboxylic acid groups (broad SMARTS) is 1. The van der Waals surface area contributed by atoms with Crippen molar-refractivity contribution in [3.05, 3.63) is 90.0 Å². The Balaban J connectivity index is 1.82. The van der Waals surface area contributed by atoms with Gasteiger partial charge in [-0.1, -0.05) is 48.5 Å². The van der Waals surface area contributed by atoms with Gasteiger partial charge in [-0.15, -0.1) is 11.8 Å². The number of benzene rings is 3. The molecule has 5 N–H and O–H groups in total. The number of nitrogens with two attached hydrogens (primary N) is 1. The van der Waals surface area contributed by atoms with E-state index in [0.717, 1.165) is 10.5 Å². The van der Waals surface area contributed by atoms with Gasteiger partial charge in [0.05, 0.1) is 12.1 Å². The van der Waals surface area contributed by atoms with Crippen LogP contribution in [0.4, 0.5) is 16.2 Å². The van der Waals surface area contributed by atoms with Gasteiger partial charge in [0, 0.05) is 21.4 Å². The molecule has 0 spiro atoms. The van der Waals surface area contributed by atoms with Crippen LogP contribution in [0.2, 0.25) is 0 Å². The summed E-state index contributed by atoms with van der Waals surface area (Å²) in [5.41, 5.74) is 7.34. The molecule has 1 atom stereocenters. The first-order valence-electron chi connectivity index (χ1n) is 9.42. The summed E-state index contributed by atoms with van der Waals surface area (Å²) in [6, 6.07) is 22.3. The number of amides is 3. The van der Waals surface area contributed by atoms with Gasteiger partial charge in [0.2, 0.25) is 0 Å². The van der Waals surface area contributed by atoms with E-state index < -0.39 is 12.0 Å². The lowest BCUT2D eigenvalue weighted by atomic mass is 10.1. The molecule has 3 rings (SSSR count). The van der Waals surface area contributed by atoms with E-state index in [9.17, 15) is 19.5 Å². The molecule has 7 nitrogen and oxygen atoms in total. The van der Waals surface area contributed by atoms with Gasteiger partial charge in [0.25, 0.3) is 5.91 Å². The molecule has 0 radical (unpaired) electrons. The van der Waals surface area contributed by atoms with Crippen molar-refractivity contribution in [2.75, 3.05) is 10.6 Å². The molecule has 0 aliphatic carbocycles. The highest BCUT2D eigenvalue weighted by Crippen LogP contribution is 2.41. The molecule has 0 bridgehead atoms. The van der Waals surface area contributed by atoms with Crippen LogP contribution >= 0.6 is 11.8 Å². The van der Waals surface area contributed by atoms with E-state index in [1.54, 1.807) is 30.3 Å². The molecular weight excluding hydrogens is 414 g/mol. The Morgan fingerprint density at radius 2 is 1.61 bits per heavy atom. The second kappa shape index (κ2) is 10.3. The summed E-state index contributed by atoms with van der Waals surface area (Å²) in [6.07, 6.45) is -0.0577. The molecule has 0 saturated carbocycles. The highest BCUT2D eigenvalue weighted by Gasteiger charge is 2.19. The van der Waals surface area contributed by atoms with Crippen LogP contribution in [0.15, 0.2) is 83.8 Å². The molecular formula is C23H21N3O4S. The van der Waals surface area contributed by atoms with Crippen molar-refractivity contribution in [3.63, 3.8) is 0 Å². The number of hydrogen-bond donors (Lipinski definition) is 4. The van der Waals surface area contributed by atoms with Gasteiger partial charge < -0.3 is 21.5 Å². The third kappa shape index (κ3) is 6.35. The van der Waals surface area contributed by atoms with Crippen LogP contribution in [0.5, 0.6) is 0 Å². The molecule has 0 saturated heterocycles. The van der Waals surface area contributed by atoms with E-state index in [0.29, 0.717) is 16.9 Å². The number of carbonyl (C=O) groups is 3. The van der Waals surface area contributed by atoms with E-state index in [2.05, 4.69) is 10.6 Å². The van der Waals surface area contributed by atoms with Crippen LogP contribution in [-0.4, -0.2) is 23.0 Å². The van der Waals surface area contributed by atoms with E-state index in [-0.39, 0.29) is 17.6 Å². The summed E-state index contributed by atoms with van der Waals surface area (Å²) in [5.74, 6) is -1.27. The molecule has 0 fully saturated rings. The Morgan fingerprint density at radius 3 is 2.32 bits per heavy atom. The van der Waals surface area contributed by atoms with Crippen LogP contribution < -0.4 is 16.4 Å². The summed E-state index contributed by atoms with van der Waals surface area (Å²) in [6.45, 7) is 0. The highest BCUT2D eigenvalue weighted by atomic mass is 32.2. The molecule has 3 aromatic rings. The first kappa shape index (κ1) is 21.9. The number of rotatable bonds is 8. The van der Waals surface area contributed by atoms with Crippen molar-refractivity contribution >= 4 is 41.0 Å². The Hall–Kier alpha value is -3.78. The fourth-order valence-corrected chi connectivity index (χ4v) is 4.18. The van der Waals surface area contributed by atoms with E-state index in [4.69, 9.17) is 5.73 Å². The molecule has 31 heavy (non-hydrogen) atoms. The van der Waals surface area contributed by atoms with Gasteiger partial charge in [-0.2, -0.15) is 0 Å². The summed E-state index contributed by atoms with van der Waals surface area (Å²) >= 11 is 1.38. The van der Waals surface area contributed by atoms with Gasteiger partial charge in [-0.05, 0) is 35.9 Å². The number of primary amides is 1. The number of carboxylic acids is 1. The molecule has 0 aliphatic rings. The Labute approximate surface area is 183 Å². The van der Waals surface area contributed by atoms with E-state index in [1.807, 2.05) is 42.5 Å². The second-order valence-electron chi connectivity index (χ2n) is 6.64. The van der Waals surface area contributed by atoms with E-state index in [1.165, 1.54) is 17.8 Å². The average molecular weight is 436 g/mol. The Kier molecular flexibility index (Phi) is 7.29. The standard InChI is InChI=1S/C23H21N3O4S/c24-23(30)25-17-10-6-9-16(13-17)22(29)26-18-11-4-5-12-19(18)31-20(14-21(27)28)15-7-2-1-3-8-15/h1-13,20H,14H2,(H,26,29)(H,27,28)(H3,24,25,30). The third-order valence-corrected chi connectivity index (χ3v) is 5.66. The quantitative estimate of drug-likeness (QED) is 0.381. The van der Waals surface area contributed by atoms with Crippen LogP contribution in [-0.2, 0) is 4.79 Å². The number of aliphatic carboxylic acids is 1. The van der Waals surface area contributed by atoms with Gasteiger partial charge >= 0.3 is 12.0 Å². The lowest BCUT2D eigenvalue weighted by Crippen LogP contribution is -2.20. The number of urea groups is 1. The van der Waals surface area contributed by atoms with Gasteiger partial charge in [-0.3, -0.25) is 9.59 Å². The zero-order chi connectivity index (χ0) is 22.2.